The topological polar surface area (TPSA) is 21.7 Å². The maximum absolute atomic E-state index is 7.62. The number of anilines is 1. The van der Waals surface area contributed by atoms with Crippen LogP contribution in [0.4, 0.5) is 5.69 Å². The monoisotopic (exact) mass is 619 g/mol. The molecule has 4 atom stereocenters. The number of rotatable bonds is 5. The van der Waals surface area contributed by atoms with Gasteiger partial charge >= 0.3 is 0 Å². The van der Waals surface area contributed by atoms with Gasteiger partial charge in [0.15, 0.2) is 5.60 Å². The van der Waals surface area contributed by atoms with E-state index in [4.69, 9.17) is 9.47 Å². The van der Waals surface area contributed by atoms with Crippen molar-refractivity contribution < 1.29 is 9.47 Å². The molecule has 0 N–H and O–H groups in total. The molecule has 1 heterocycles. The van der Waals surface area contributed by atoms with Gasteiger partial charge < -0.3 is 14.4 Å². The molecule has 5 aromatic carbocycles. The quantitative estimate of drug-likeness (QED) is 0.195. The summed E-state index contributed by atoms with van der Waals surface area (Å²) in [5.74, 6) is 3.18. The first-order valence-electron chi connectivity index (χ1n) is 17.3. The van der Waals surface area contributed by atoms with Crippen LogP contribution in [0.25, 0.3) is 28.0 Å². The fraction of sp³-hybridized carbons (Fsp3) is 0.318. The minimum absolute atomic E-state index is 0.00508. The minimum atomic E-state index is -0.787. The van der Waals surface area contributed by atoms with E-state index >= 15 is 0 Å². The lowest BCUT2D eigenvalue weighted by Gasteiger charge is -2.42. The van der Waals surface area contributed by atoms with E-state index in [1.165, 1.54) is 52.5 Å². The number of benzene rings is 5. The van der Waals surface area contributed by atoms with Crippen LogP contribution in [0.5, 0.6) is 11.5 Å². The van der Waals surface area contributed by atoms with Gasteiger partial charge in [-0.25, -0.2) is 0 Å². The van der Waals surface area contributed by atoms with Crippen molar-refractivity contribution in [3.8, 4) is 22.6 Å². The van der Waals surface area contributed by atoms with Gasteiger partial charge in [-0.3, -0.25) is 0 Å². The zero-order valence-corrected chi connectivity index (χ0v) is 28.3. The molecule has 8 rings (SSSR count). The molecule has 0 spiro atoms. The lowest BCUT2D eigenvalue weighted by molar-refractivity contribution is 0.162. The molecule has 1 saturated carbocycles. The maximum atomic E-state index is 7.62. The summed E-state index contributed by atoms with van der Waals surface area (Å²) in [6.45, 7) is 5.01. The van der Waals surface area contributed by atoms with E-state index in [0.29, 0.717) is 5.92 Å². The molecule has 1 aliphatic heterocycles. The molecule has 3 nitrogen and oxygen atoms in total. The number of ether oxygens (including phenoxy) is 2. The van der Waals surface area contributed by atoms with Gasteiger partial charge in [0.25, 0.3) is 0 Å². The summed E-state index contributed by atoms with van der Waals surface area (Å²) in [5.41, 5.74) is 9.50. The second kappa shape index (κ2) is 11.3. The van der Waals surface area contributed by atoms with Crippen molar-refractivity contribution in [3.05, 3.63) is 131 Å². The first-order chi connectivity index (χ1) is 22.8. The third kappa shape index (κ3) is 4.69. The molecule has 47 heavy (non-hydrogen) atoms. The number of aryl methyl sites for hydroxylation is 1. The molecule has 3 heteroatoms. The lowest BCUT2D eigenvalue weighted by Crippen LogP contribution is -2.36. The first-order valence-corrected chi connectivity index (χ1v) is 17.3. The Morgan fingerprint density at radius 1 is 0.830 bits per heavy atom. The van der Waals surface area contributed by atoms with Crippen LogP contribution in [0.2, 0.25) is 0 Å². The normalized spacial score (nSPS) is 24.5. The van der Waals surface area contributed by atoms with E-state index in [1.807, 2.05) is 0 Å². The Morgan fingerprint density at radius 3 is 2.30 bits per heavy atom. The molecular weight excluding hydrogens is 574 g/mol. The van der Waals surface area contributed by atoms with Gasteiger partial charge in [-0.1, -0.05) is 93.1 Å². The predicted molar refractivity (Wildman–Crippen MR) is 196 cm³/mol. The molecule has 4 unspecified atom stereocenters. The molecule has 238 valence electrons. The second-order valence-electron chi connectivity index (χ2n) is 14.6. The Hall–Kier alpha value is -4.50. The molecule has 2 aliphatic carbocycles. The van der Waals surface area contributed by atoms with Crippen LogP contribution in [-0.4, -0.2) is 21.2 Å². The van der Waals surface area contributed by atoms with Gasteiger partial charge in [-0.05, 0) is 107 Å². The van der Waals surface area contributed by atoms with Gasteiger partial charge in [0.2, 0.25) is 0 Å². The molecule has 1 fully saturated rings. The van der Waals surface area contributed by atoms with E-state index in [2.05, 4.69) is 142 Å². The summed E-state index contributed by atoms with van der Waals surface area (Å²) in [6.07, 6.45) is 10.8. The number of fused-ring (bicyclic) bond motifs is 8. The van der Waals surface area contributed by atoms with Crippen molar-refractivity contribution in [1.29, 1.82) is 0 Å². The lowest BCUT2D eigenvalue weighted by atomic mass is 9.64. The summed E-state index contributed by atoms with van der Waals surface area (Å²) in [4.78, 5) is 2.14. The van der Waals surface area contributed by atoms with Crippen molar-refractivity contribution in [2.45, 2.75) is 57.0 Å². The largest absolute Gasteiger partial charge is 0.497 e. The van der Waals surface area contributed by atoms with Crippen molar-refractivity contribution in [2.24, 2.45) is 11.8 Å². The maximum Gasteiger partial charge on any atom is 0.178 e. The Morgan fingerprint density at radius 2 is 1.57 bits per heavy atom. The van der Waals surface area contributed by atoms with Gasteiger partial charge in [0, 0.05) is 41.9 Å². The number of methoxy groups -OCH3 is 1. The van der Waals surface area contributed by atoms with Gasteiger partial charge in [0.05, 0.1) is 7.11 Å². The third-order valence-corrected chi connectivity index (χ3v) is 11.6. The second-order valence-corrected chi connectivity index (χ2v) is 14.6. The van der Waals surface area contributed by atoms with Crippen molar-refractivity contribution >= 4 is 22.5 Å². The van der Waals surface area contributed by atoms with E-state index in [-0.39, 0.29) is 5.41 Å². The Balaban J connectivity index is 1.46. The fourth-order valence-corrected chi connectivity index (χ4v) is 8.99. The number of nitrogens with zero attached hydrogens (tertiary/aromatic N) is 1. The van der Waals surface area contributed by atoms with Crippen molar-refractivity contribution in [1.82, 2.24) is 0 Å². The van der Waals surface area contributed by atoms with Crippen LogP contribution < -0.4 is 14.4 Å². The van der Waals surface area contributed by atoms with Gasteiger partial charge in [-0.15, -0.1) is 0 Å². The standard InChI is InChI=1S/C44H45NO2/c1-29-15-16-33(27-29)43(2)25-23-30-11-9-10-14-36(30)40-37-22-21-35(46-5)28-39(37)42-38(41(40)43)24-26-44(47-42,31-12-7-6-8-13-31)32-17-19-34(20-18-32)45(3)4/h6-14,17-22,24,26,28-29,33H,15-16,23,25,27H2,1-5H3. The molecular formula is C44H45NO2. The predicted octanol–water partition coefficient (Wildman–Crippen LogP) is 10.6. The molecule has 0 amide bonds. The highest BCUT2D eigenvalue weighted by Gasteiger charge is 2.46. The van der Waals surface area contributed by atoms with Crippen molar-refractivity contribution in [2.75, 3.05) is 26.1 Å². The van der Waals surface area contributed by atoms with E-state index in [9.17, 15) is 0 Å². The first kappa shape index (κ1) is 29.9. The summed E-state index contributed by atoms with van der Waals surface area (Å²) >= 11 is 0. The van der Waals surface area contributed by atoms with Crippen LogP contribution >= 0.6 is 0 Å². The molecule has 0 saturated heterocycles. The van der Waals surface area contributed by atoms with E-state index in [0.717, 1.165) is 52.5 Å². The molecule has 3 aliphatic rings. The van der Waals surface area contributed by atoms with Crippen molar-refractivity contribution in [3.63, 3.8) is 0 Å². The molecule has 0 aromatic heterocycles. The van der Waals surface area contributed by atoms with Crippen LogP contribution in [0.15, 0.2) is 103 Å². The fourth-order valence-electron chi connectivity index (χ4n) is 8.99. The van der Waals surface area contributed by atoms with E-state index < -0.39 is 5.60 Å². The molecule has 0 bridgehead atoms. The SMILES string of the molecule is COc1ccc2c3c(c4c(c2c1)OC(c1ccccc1)(c1ccc(N(C)C)cc1)C=C4)C(C)(C1CCC(C)C1)CCc1ccccc1-3. The zero-order valence-electron chi connectivity index (χ0n) is 28.3. The summed E-state index contributed by atoms with van der Waals surface area (Å²) < 4.78 is 13.5. The highest BCUT2D eigenvalue weighted by atomic mass is 16.5. The number of hydrogen-bond donors (Lipinski definition) is 0. The summed E-state index contributed by atoms with van der Waals surface area (Å²) in [7, 11) is 5.92. The van der Waals surface area contributed by atoms with Gasteiger partial charge in [-0.2, -0.15) is 0 Å². The smallest absolute Gasteiger partial charge is 0.178 e. The molecule has 0 radical (unpaired) electrons. The Bertz CT molecular complexity index is 1990. The average molecular weight is 620 g/mol. The molecule has 5 aromatic rings. The van der Waals surface area contributed by atoms with E-state index in [1.54, 1.807) is 7.11 Å². The summed E-state index contributed by atoms with van der Waals surface area (Å²) in [5, 5.41) is 2.35. The average Bonchev–Trinajstić information content (AvgIpc) is 3.51. The zero-order chi connectivity index (χ0) is 32.3. The summed E-state index contributed by atoms with van der Waals surface area (Å²) in [6, 6.07) is 35.3. The van der Waals surface area contributed by atoms with Crippen LogP contribution in [0, 0.1) is 11.8 Å². The Kier molecular flexibility index (Phi) is 7.20. The third-order valence-electron chi connectivity index (χ3n) is 11.6. The minimum Gasteiger partial charge on any atom is -0.497 e. The van der Waals surface area contributed by atoms with Crippen LogP contribution in [0.3, 0.4) is 0 Å². The van der Waals surface area contributed by atoms with Crippen LogP contribution in [-0.2, 0) is 17.4 Å². The Labute approximate surface area is 279 Å². The van der Waals surface area contributed by atoms with Crippen LogP contribution in [0.1, 0.15) is 67.3 Å². The highest BCUT2D eigenvalue weighted by Crippen LogP contribution is 2.58. The highest BCUT2D eigenvalue weighted by molar-refractivity contribution is 6.07. The number of hydrogen-bond acceptors (Lipinski definition) is 3. The van der Waals surface area contributed by atoms with Gasteiger partial charge in [0.1, 0.15) is 11.5 Å².